The standard InChI is InChI=1S/C24H24N2O5/c1-15-6-4-5-7-19(15)21(13-22(27)28)26-23(29)17-12-20(24(31-3)25-14-17)16-8-10-18(30-2)11-9-16/h4-12,14,21H,13H2,1-3H3,(H,26,29)(H,27,28). The van der Waals surface area contributed by atoms with Gasteiger partial charge in [-0.2, -0.15) is 0 Å². The summed E-state index contributed by atoms with van der Waals surface area (Å²) < 4.78 is 10.5. The van der Waals surface area contributed by atoms with Crippen molar-refractivity contribution < 1.29 is 24.2 Å². The van der Waals surface area contributed by atoms with Gasteiger partial charge in [-0.1, -0.05) is 36.4 Å². The van der Waals surface area contributed by atoms with E-state index < -0.39 is 17.9 Å². The SMILES string of the molecule is COc1ccc(-c2cc(C(=O)NC(CC(=O)O)c3ccccc3C)cnc2OC)cc1. The lowest BCUT2D eigenvalue weighted by molar-refractivity contribution is -0.137. The molecule has 0 spiro atoms. The van der Waals surface area contributed by atoms with E-state index >= 15 is 0 Å². The number of methoxy groups -OCH3 is 2. The number of aryl methyl sites for hydroxylation is 1. The molecule has 160 valence electrons. The number of carboxylic acid groups (broad SMARTS) is 1. The lowest BCUT2D eigenvalue weighted by Crippen LogP contribution is -2.30. The Balaban J connectivity index is 1.92. The molecule has 0 fully saturated rings. The number of amides is 1. The van der Waals surface area contributed by atoms with E-state index in [1.54, 1.807) is 13.2 Å². The van der Waals surface area contributed by atoms with Crippen LogP contribution in [0.15, 0.2) is 60.8 Å². The Labute approximate surface area is 180 Å². The van der Waals surface area contributed by atoms with Gasteiger partial charge in [0.1, 0.15) is 5.75 Å². The maximum Gasteiger partial charge on any atom is 0.305 e. The molecule has 0 saturated heterocycles. The molecule has 0 aliphatic rings. The van der Waals surface area contributed by atoms with Gasteiger partial charge in [0.25, 0.3) is 5.91 Å². The van der Waals surface area contributed by atoms with E-state index in [2.05, 4.69) is 10.3 Å². The van der Waals surface area contributed by atoms with E-state index in [1.807, 2.05) is 55.5 Å². The van der Waals surface area contributed by atoms with Crippen LogP contribution in [-0.2, 0) is 4.79 Å². The van der Waals surface area contributed by atoms with E-state index in [1.165, 1.54) is 13.3 Å². The Kier molecular flexibility index (Phi) is 6.87. The Morgan fingerprint density at radius 2 is 1.77 bits per heavy atom. The predicted molar refractivity (Wildman–Crippen MR) is 116 cm³/mol. The van der Waals surface area contributed by atoms with Gasteiger partial charge in [-0.15, -0.1) is 0 Å². The van der Waals surface area contributed by atoms with Gasteiger partial charge < -0.3 is 19.9 Å². The first-order valence-corrected chi connectivity index (χ1v) is 9.69. The van der Waals surface area contributed by atoms with Crippen molar-refractivity contribution in [2.75, 3.05) is 14.2 Å². The molecule has 0 radical (unpaired) electrons. The molecular weight excluding hydrogens is 396 g/mol. The summed E-state index contributed by atoms with van der Waals surface area (Å²) in [5.41, 5.74) is 3.41. The number of carbonyl (C=O) groups excluding carboxylic acids is 1. The number of rotatable bonds is 8. The van der Waals surface area contributed by atoms with Crippen LogP contribution in [0.5, 0.6) is 11.6 Å². The number of carboxylic acids is 1. The minimum atomic E-state index is -1.000. The van der Waals surface area contributed by atoms with Crippen molar-refractivity contribution in [1.29, 1.82) is 0 Å². The molecule has 0 bridgehead atoms. The summed E-state index contributed by atoms with van der Waals surface area (Å²) in [6.07, 6.45) is 1.18. The van der Waals surface area contributed by atoms with Crippen LogP contribution in [0.25, 0.3) is 11.1 Å². The second-order valence-corrected chi connectivity index (χ2v) is 6.99. The van der Waals surface area contributed by atoms with Crippen molar-refractivity contribution in [3.8, 4) is 22.8 Å². The van der Waals surface area contributed by atoms with Crippen molar-refractivity contribution in [3.63, 3.8) is 0 Å². The normalized spacial score (nSPS) is 11.5. The molecule has 1 atom stereocenters. The van der Waals surface area contributed by atoms with Crippen LogP contribution in [0.2, 0.25) is 0 Å². The van der Waals surface area contributed by atoms with E-state index in [4.69, 9.17) is 9.47 Å². The van der Waals surface area contributed by atoms with Gasteiger partial charge in [0.05, 0.1) is 32.2 Å². The fourth-order valence-corrected chi connectivity index (χ4v) is 3.35. The molecule has 1 unspecified atom stereocenters. The summed E-state index contributed by atoms with van der Waals surface area (Å²) in [4.78, 5) is 28.7. The minimum absolute atomic E-state index is 0.231. The molecular formula is C24H24N2O5. The molecule has 0 aliphatic carbocycles. The summed E-state index contributed by atoms with van der Waals surface area (Å²) >= 11 is 0. The number of benzene rings is 2. The van der Waals surface area contributed by atoms with Gasteiger partial charge in [0.2, 0.25) is 5.88 Å². The van der Waals surface area contributed by atoms with Crippen molar-refractivity contribution in [2.45, 2.75) is 19.4 Å². The summed E-state index contributed by atoms with van der Waals surface area (Å²) in [6, 6.07) is 15.7. The lowest BCUT2D eigenvalue weighted by atomic mass is 9.98. The number of nitrogens with one attached hydrogen (secondary N) is 1. The average Bonchev–Trinajstić information content (AvgIpc) is 2.78. The zero-order valence-electron chi connectivity index (χ0n) is 17.6. The van der Waals surface area contributed by atoms with Crippen LogP contribution in [0.4, 0.5) is 0 Å². The van der Waals surface area contributed by atoms with Crippen LogP contribution in [-0.4, -0.2) is 36.2 Å². The zero-order valence-corrected chi connectivity index (χ0v) is 17.6. The maximum atomic E-state index is 13.0. The quantitative estimate of drug-likeness (QED) is 0.571. The van der Waals surface area contributed by atoms with Crippen LogP contribution in [0, 0.1) is 6.92 Å². The van der Waals surface area contributed by atoms with E-state index in [-0.39, 0.29) is 6.42 Å². The number of ether oxygens (including phenoxy) is 2. The third kappa shape index (κ3) is 5.19. The van der Waals surface area contributed by atoms with E-state index in [0.29, 0.717) is 22.8 Å². The largest absolute Gasteiger partial charge is 0.497 e. The Bertz CT molecular complexity index is 1080. The third-order valence-corrected chi connectivity index (χ3v) is 4.96. The van der Waals surface area contributed by atoms with Crippen LogP contribution in [0.1, 0.15) is 33.9 Å². The summed E-state index contributed by atoms with van der Waals surface area (Å²) in [5.74, 6) is -0.332. The van der Waals surface area contributed by atoms with E-state index in [0.717, 1.165) is 16.7 Å². The van der Waals surface area contributed by atoms with Crippen LogP contribution >= 0.6 is 0 Å². The number of aromatic nitrogens is 1. The number of carbonyl (C=O) groups is 2. The summed E-state index contributed by atoms with van der Waals surface area (Å²) in [7, 11) is 3.10. The minimum Gasteiger partial charge on any atom is -0.497 e. The van der Waals surface area contributed by atoms with Crippen molar-refractivity contribution in [3.05, 3.63) is 77.5 Å². The topological polar surface area (TPSA) is 97.8 Å². The van der Waals surface area contributed by atoms with Gasteiger partial charge >= 0.3 is 5.97 Å². The second-order valence-electron chi connectivity index (χ2n) is 6.99. The smallest absolute Gasteiger partial charge is 0.305 e. The highest BCUT2D eigenvalue weighted by Gasteiger charge is 2.21. The van der Waals surface area contributed by atoms with Gasteiger partial charge in [0.15, 0.2) is 0 Å². The molecule has 0 saturated carbocycles. The molecule has 2 N–H and O–H groups in total. The van der Waals surface area contributed by atoms with Crippen molar-refractivity contribution in [2.24, 2.45) is 0 Å². The van der Waals surface area contributed by atoms with Gasteiger partial charge in [0, 0.05) is 11.8 Å². The van der Waals surface area contributed by atoms with E-state index in [9.17, 15) is 14.7 Å². The van der Waals surface area contributed by atoms with Crippen molar-refractivity contribution >= 4 is 11.9 Å². The van der Waals surface area contributed by atoms with Gasteiger partial charge in [-0.25, -0.2) is 4.98 Å². The first kappa shape index (κ1) is 21.8. The van der Waals surface area contributed by atoms with Gasteiger partial charge in [-0.05, 0) is 41.8 Å². The highest BCUT2D eigenvalue weighted by atomic mass is 16.5. The molecule has 2 aromatic carbocycles. The molecule has 1 heterocycles. The predicted octanol–water partition coefficient (Wildman–Crippen LogP) is 4.02. The second kappa shape index (κ2) is 9.75. The average molecular weight is 420 g/mol. The Morgan fingerprint density at radius 1 is 1.06 bits per heavy atom. The fourth-order valence-electron chi connectivity index (χ4n) is 3.35. The summed E-state index contributed by atoms with van der Waals surface area (Å²) in [6.45, 7) is 1.88. The van der Waals surface area contributed by atoms with Gasteiger partial charge in [-0.3, -0.25) is 9.59 Å². The maximum absolute atomic E-state index is 13.0. The highest BCUT2D eigenvalue weighted by molar-refractivity contribution is 5.96. The first-order chi connectivity index (χ1) is 14.9. The number of aliphatic carboxylic acids is 1. The molecule has 1 aromatic heterocycles. The molecule has 31 heavy (non-hydrogen) atoms. The molecule has 7 heteroatoms. The number of nitrogens with zero attached hydrogens (tertiary/aromatic N) is 1. The molecule has 0 aliphatic heterocycles. The molecule has 3 rings (SSSR count). The number of pyridine rings is 1. The third-order valence-electron chi connectivity index (χ3n) is 4.96. The number of hydrogen-bond acceptors (Lipinski definition) is 5. The fraction of sp³-hybridized carbons (Fsp3) is 0.208. The first-order valence-electron chi connectivity index (χ1n) is 9.69. The lowest BCUT2D eigenvalue weighted by Gasteiger charge is -2.20. The molecule has 7 nitrogen and oxygen atoms in total. The van der Waals surface area contributed by atoms with Crippen molar-refractivity contribution in [1.82, 2.24) is 10.3 Å². The van der Waals surface area contributed by atoms with Crippen LogP contribution < -0.4 is 14.8 Å². The highest BCUT2D eigenvalue weighted by Crippen LogP contribution is 2.30. The Hall–Kier alpha value is -3.87. The van der Waals surface area contributed by atoms with Crippen LogP contribution in [0.3, 0.4) is 0 Å². The Morgan fingerprint density at radius 3 is 2.39 bits per heavy atom. The molecule has 1 amide bonds. The zero-order chi connectivity index (χ0) is 22.4. The monoisotopic (exact) mass is 420 g/mol. The molecule has 3 aromatic rings. The number of hydrogen-bond donors (Lipinski definition) is 2. The summed E-state index contributed by atoms with van der Waals surface area (Å²) in [5, 5.41) is 12.2.